The fourth-order valence-corrected chi connectivity index (χ4v) is 11.9. The van der Waals surface area contributed by atoms with E-state index in [-0.39, 0.29) is 0 Å². The molecule has 0 aliphatic rings. The Hall–Kier alpha value is -1.08. The monoisotopic (exact) mass is 1050 g/mol. The van der Waals surface area contributed by atoms with Gasteiger partial charge in [-0.05, 0) is 154 Å². The number of hydrogen-bond acceptors (Lipinski definition) is 0. The summed E-state index contributed by atoms with van der Waals surface area (Å²) < 4.78 is 1.38. The summed E-state index contributed by atoms with van der Waals surface area (Å²) in [6, 6.07) is 0.866. The van der Waals surface area contributed by atoms with Crippen LogP contribution < -0.4 is 0 Å². The van der Waals surface area contributed by atoms with Gasteiger partial charge < -0.3 is 4.48 Å². The molecule has 75 heavy (non-hydrogen) atoms. The molecule has 0 heterocycles. The molecule has 0 unspecified atom stereocenters. The third kappa shape index (κ3) is 58.9. The van der Waals surface area contributed by atoms with Gasteiger partial charge in [0.05, 0.1) is 26.2 Å². The molecular weight excluding hydrogens is 903 g/mol. The molecule has 0 aliphatic carbocycles. The van der Waals surface area contributed by atoms with Gasteiger partial charge in [-0.1, -0.05) is 295 Å². The maximum absolute atomic E-state index is 2.75. The second-order valence-electron chi connectivity index (χ2n) is 24.9. The zero-order valence-corrected chi connectivity index (χ0v) is 53.1. The number of hydrogen-bond donors (Lipinski definition) is 0. The van der Waals surface area contributed by atoms with Crippen molar-refractivity contribution in [3.05, 3.63) is 48.6 Å². The highest BCUT2D eigenvalue weighted by Gasteiger charge is 2.31. The summed E-state index contributed by atoms with van der Waals surface area (Å²) in [5.74, 6) is 0. The molecule has 0 saturated heterocycles. The minimum atomic E-state index is 0.866. The Morgan fingerprint density at radius 2 is 0.360 bits per heavy atom. The molecule has 0 aromatic rings. The van der Waals surface area contributed by atoms with Gasteiger partial charge >= 0.3 is 0 Å². The molecule has 0 saturated carbocycles. The Morgan fingerprint density at radius 3 is 0.560 bits per heavy atom. The number of unbranched alkanes of at least 4 members (excludes halogenated alkanes) is 48. The third-order valence-corrected chi connectivity index (χ3v) is 17.3. The van der Waals surface area contributed by atoms with E-state index >= 15 is 0 Å². The lowest BCUT2D eigenvalue weighted by Crippen LogP contribution is -2.53. The molecule has 1 heteroatoms. The molecule has 1 nitrogen and oxygen atoms in total. The zero-order valence-electron chi connectivity index (χ0n) is 53.1. The predicted octanol–water partition coefficient (Wildman–Crippen LogP) is 26.7. The number of nitrogens with zero attached hydrogens (tertiary/aromatic N) is 1. The fraction of sp³-hybridized carbons (Fsp3) is 0.892. The van der Waals surface area contributed by atoms with Crippen LogP contribution in [-0.4, -0.2) is 30.7 Å². The van der Waals surface area contributed by atoms with Crippen molar-refractivity contribution in [3.8, 4) is 0 Å². The number of allylic oxidation sites excluding steroid dienone is 8. The molecule has 0 rings (SSSR count). The van der Waals surface area contributed by atoms with Crippen LogP contribution >= 0.6 is 0 Å². The standard InChI is InChI=1S/C74H144N/c1-6-10-14-18-22-26-30-34-38-42-46-50-54-58-62-66-70-74(71-67-63-59-55-51-47-43-39-35-31-27-23-19-15-11-7-2)75(5,72-68-64-60-56-52-48-44-40-36-32-28-24-20-16-12-8-3)73-69-65-61-57-53-49-45-41-37-33-29-25-21-17-13-9-4/h34-41,74H,6-33,42-73H2,1-5H3/q+1/b38-34-,39-35-,40-36-,41-37-. The lowest BCUT2D eigenvalue weighted by atomic mass is 9.95. The Labute approximate surface area is 477 Å². The molecule has 0 atom stereocenters. The van der Waals surface area contributed by atoms with Crippen molar-refractivity contribution in [2.45, 2.75) is 406 Å². The quantitative estimate of drug-likeness (QED) is 0.0324. The summed E-state index contributed by atoms with van der Waals surface area (Å²) in [5, 5.41) is 0. The van der Waals surface area contributed by atoms with Crippen molar-refractivity contribution in [1.29, 1.82) is 0 Å². The van der Waals surface area contributed by atoms with Gasteiger partial charge in [0.25, 0.3) is 0 Å². The summed E-state index contributed by atoms with van der Waals surface area (Å²) >= 11 is 0. The van der Waals surface area contributed by atoms with Crippen LogP contribution in [0.2, 0.25) is 0 Å². The van der Waals surface area contributed by atoms with Gasteiger partial charge in [-0.2, -0.15) is 0 Å². The second kappa shape index (κ2) is 65.4. The third-order valence-electron chi connectivity index (χ3n) is 17.3. The van der Waals surface area contributed by atoms with Crippen LogP contribution in [0, 0.1) is 0 Å². The van der Waals surface area contributed by atoms with Crippen molar-refractivity contribution in [3.63, 3.8) is 0 Å². The fourth-order valence-electron chi connectivity index (χ4n) is 11.9. The minimum Gasteiger partial charge on any atom is -0.324 e. The molecule has 0 aromatic heterocycles. The number of quaternary nitrogens is 1. The number of rotatable bonds is 65. The summed E-state index contributed by atoms with van der Waals surface area (Å²) in [7, 11) is 2.75. The summed E-state index contributed by atoms with van der Waals surface area (Å²) in [4.78, 5) is 0. The molecule has 0 N–H and O–H groups in total. The molecule has 0 amide bonds. The highest BCUT2D eigenvalue weighted by atomic mass is 15.4. The molecule has 0 aromatic carbocycles. The maximum atomic E-state index is 2.75. The van der Waals surface area contributed by atoms with E-state index in [4.69, 9.17) is 0 Å². The Balaban J connectivity index is 5.17. The molecule has 444 valence electrons. The summed E-state index contributed by atoms with van der Waals surface area (Å²) in [6.07, 6.45) is 102. The minimum absolute atomic E-state index is 0.866. The van der Waals surface area contributed by atoms with E-state index in [0.29, 0.717) is 0 Å². The van der Waals surface area contributed by atoms with E-state index in [1.54, 1.807) is 0 Å². The van der Waals surface area contributed by atoms with Crippen molar-refractivity contribution >= 4 is 0 Å². The van der Waals surface area contributed by atoms with Gasteiger partial charge in [0.15, 0.2) is 0 Å². The van der Waals surface area contributed by atoms with Gasteiger partial charge in [0.2, 0.25) is 0 Å². The highest BCUT2D eigenvalue weighted by Crippen LogP contribution is 2.27. The molecule has 0 spiro atoms. The first-order valence-corrected chi connectivity index (χ1v) is 35.6. The molecular formula is C74H144N+. The average Bonchev–Trinajstić information content (AvgIpc) is 3.41. The zero-order chi connectivity index (χ0) is 54.2. The van der Waals surface area contributed by atoms with Gasteiger partial charge in [0, 0.05) is 0 Å². The van der Waals surface area contributed by atoms with Crippen molar-refractivity contribution < 1.29 is 4.48 Å². The van der Waals surface area contributed by atoms with E-state index in [9.17, 15) is 0 Å². The van der Waals surface area contributed by atoms with E-state index in [2.05, 4.69) is 83.4 Å². The van der Waals surface area contributed by atoms with E-state index < -0.39 is 0 Å². The molecule has 0 aliphatic heterocycles. The molecule has 0 bridgehead atoms. The SMILES string of the molecule is CCCCCCCC/C=C\CCCCCCCCC(CCCCCCCC/C=C\CCCCCCCC)[N+](C)(CCCCCCCC/C=C\CCCCCCCC)CCCCCCCC/C=C\CCCCCCCC. The van der Waals surface area contributed by atoms with Crippen LogP contribution in [0.3, 0.4) is 0 Å². The van der Waals surface area contributed by atoms with E-state index in [1.165, 1.54) is 390 Å². The van der Waals surface area contributed by atoms with Crippen LogP contribution in [-0.2, 0) is 0 Å². The topological polar surface area (TPSA) is 0 Å². The van der Waals surface area contributed by atoms with E-state index in [1.807, 2.05) is 0 Å². The van der Waals surface area contributed by atoms with Gasteiger partial charge in [-0.15, -0.1) is 0 Å². The van der Waals surface area contributed by atoms with Crippen LogP contribution in [0.25, 0.3) is 0 Å². The van der Waals surface area contributed by atoms with E-state index in [0.717, 1.165) is 6.04 Å². The predicted molar refractivity (Wildman–Crippen MR) is 347 cm³/mol. The summed E-state index contributed by atoms with van der Waals surface area (Å²) in [6.45, 7) is 12.1. The average molecular weight is 1050 g/mol. The largest absolute Gasteiger partial charge is 0.324 e. The van der Waals surface area contributed by atoms with Crippen LogP contribution in [0.1, 0.15) is 400 Å². The normalized spacial score (nSPS) is 12.5. The van der Waals surface area contributed by atoms with Crippen LogP contribution in [0.4, 0.5) is 0 Å². The Kier molecular flexibility index (Phi) is 64.5. The first kappa shape index (κ1) is 73.9. The van der Waals surface area contributed by atoms with Crippen molar-refractivity contribution in [2.75, 3.05) is 20.1 Å². The van der Waals surface area contributed by atoms with Crippen LogP contribution in [0.15, 0.2) is 48.6 Å². The van der Waals surface area contributed by atoms with Crippen LogP contribution in [0.5, 0.6) is 0 Å². The molecule has 0 radical (unpaired) electrons. The smallest absolute Gasteiger partial charge is 0.0888 e. The Morgan fingerprint density at radius 1 is 0.200 bits per heavy atom. The van der Waals surface area contributed by atoms with Gasteiger partial charge in [-0.25, -0.2) is 0 Å². The van der Waals surface area contributed by atoms with Crippen molar-refractivity contribution in [2.24, 2.45) is 0 Å². The van der Waals surface area contributed by atoms with Gasteiger partial charge in [-0.3, -0.25) is 0 Å². The lowest BCUT2D eigenvalue weighted by Gasteiger charge is -2.43. The second-order valence-corrected chi connectivity index (χ2v) is 24.9. The lowest BCUT2D eigenvalue weighted by molar-refractivity contribution is -0.934. The first-order valence-electron chi connectivity index (χ1n) is 35.6. The highest BCUT2D eigenvalue weighted by molar-refractivity contribution is 4.83. The Bertz CT molecular complexity index is 1060. The first-order chi connectivity index (χ1) is 37.1. The summed E-state index contributed by atoms with van der Waals surface area (Å²) in [5.41, 5.74) is 0. The van der Waals surface area contributed by atoms with Gasteiger partial charge in [0.1, 0.15) is 0 Å². The van der Waals surface area contributed by atoms with Crippen molar-refractivity contribution in [1.82, 2.24) is 0 Å². The maximum Gasteiger partial charge on any atom is 0.0888 e. The molecule has 0 fully saturated rings.